The van der Waals surface area contributed by atoms with Crippen LogP contribution >= 0.6 is 11.8 Å². The lowest BCUT2D eigenvalue weighted by Gasteiger charge is -2.17. The third-order valence-electron chi connectivity index (χ3n) is 5.24. The highest BCUT2D eigenvalue weighted by atomic mass is 32.2. The van der Waals surface area contributed by atoms with Crippen LogP contribution < -0.4 is 5.32 Å². The van der Waals surface area contributed by atoms with Gasteiger partial charge < -0.3 is 15.0 Å². The molecule has 1 saturated heterocycles. The number of hydrogen-bond acceptors (Lipinski definition) is 3. The number of aliphatic hydroxyl groups is 1. The first-order valence-corrected chi connectivity index (χ1v) is 10.4. The van der Waals surface area contributed by atoms with E-state index in [2.05, 4.69) is 5.32 Å². The van der Waals surface area contributed by atoms with Gasteiger partial charge in [0.2, 0.25) is 5.91 Å². The van der Waals surface area contributed by atoms with E-state index in [0.29, 0.717) is 23.4 Å². The molecule has 1 aliphatic rings. The maximum Gasteiger partial charge on any atom is 0.416 e. The van der Waals surface area contributed by atoms with Gasteiger partial charge in [0.1, 0.15) is 0 Å². The van der Waals surface area contributed by atoms with Crippen LogP contribution in [0.25, 0.3) is 10.9 Å². The minimum absolute atomic E-state index is 0.133. The Labute approximate surface area is 182 Å². The van der Waals surface area contributed by atoms with Gasteiger partial charge in [-0.3, -0.25) is 4.79 Å². The SMILES string of the molecule is O=C1NC(O)SC1Cc1cccc2c1ccn2Cc1ccc(C(F)(F)F)cc1C(F)(F)F. The molecular weight excluding hydrogens is 458 g/mol. The summed E-state index contributed by atoms with van der Waals surface area (Å²) in [5.41, 5.74) is -2.62. The van der Waals surface area contributed by atoms with Crippen molar-refractivity contribution < 1.29 is 36.2 Å². The van der Waals surface area contributed by atoms with E-state index in [4.69, 9.17) is 0 Å². The molecule has 1 aliphatic heterocycles. The Morgan fingerprint density at radius 3 is 2.38 bits per heavy atom. The molecule has 1 fully saturated rings. The van der Waals surface area contributed by atoms with E-state index >= 15 is 0 Å². The molecule has 170 valence electrons. The normalized spacial score (nSPS) is 19.5. The molecule has 4 rings (SSSR count). The van der Waals surface area contributed by atoms with Gasteiger partial charge >= 0.3 is 12.4 Å². The fraction of sp³-hybridized carbons (Fsp3) is 0.286. The van der Waals surface area contributed by atoms with Crippen molar-refractivity contribution in [2.75, 3.05) is 0 Å². The summed E-state index contributed by atoms with van der Waals surface area (Å²) in [6.45, 7) is -0.280. The highest BCUT2D eigenvalue weighted by Crippen LogP contribution is 2.38. The number of thioether (sulfide) groups is 1. The van der Waals surface area contributed by atoms with Crippen molar-refractivity contribution in [3.05, 3.63) is 70.9 Å². The number of benzene rings is 2. The van der Waals surface area contributed by atoms with Crippen LogP contribution in [0.1, 0.15) is 22.3 Å². The lowest BCUT2D eigenvalue weighted by Crippen LogP contribution is -2.27. The van der Waals surface area contributed by atoms with Gasteiger partial charge in [-0.25, -0.2) is 0 Å². The van der Waals surface area contributed by atoms with Gasteiger partial charge in [0.25, 0.3) is 0 Å². The molecule has 0 spiro atoms. The van der Waals surface area contributed by atoms with Gasteiger partial charge in [-0.05, 0) is 41.8 Å². The first-order valence-electron chi connectivity index (χ1n) is 9.41. The van der Waals surface area contributed by atoms with Crippen LogP contribution in [0.5, 0.6) is 0 Å². The summed E-state index contributed by atoms with van der Waals surface area (Å²) in [5.74, 6) is -0.307. The number of aromatic nitrogens is 1. The van der Waals surface area contributed by atoms with Gasteiger partial charge in [0.15, 0.2) is 5.56 Å². The number of alkyl halides is 6. The Balaban J connectivity index is 1.68. The van der Waals surface area contributed by atoms with Crippen LogP contribution in [0.15, 0.2) is 48.7 Å². The van der Waals surface area contributed by atoms with E-state index in [0.717, 1.165) is 23.4 Å². The Kier molecular flexibility index (Phi) is 5.66. The molecule has 0 aliphatic carbocycles. The van der Waals surface area contributed by atoms with Gasteiger partial charge in [-0.15, -0.1) is 0 Å². The smallest absolute Gasteiger partial charge is 0.365 e. The Morgan fingerprint density at radius 2 is 1.75 bits per heavy atom. The number of halogens is 6. The second-order valence-electron chi connectivity index (χ2n) is 7.35. The summed E-state index contributed by atoms with van der Waals surface area (Å²) in [6.07, 6.45) is -7.96. The van der Waals surface area contributed by atoms with Crippen LogP contribution in [-0.4, -0.2) is 26.4 Å². The van der Waals surface area contributed by atoms with Crippen LogP contribution in [0, 0.1) is 0 Å². The molecule has 2 unspecified atom stereocenters. The minimum atomic E-state index is -4.95. The fourth-order valence-electron chi connectivity index (χ4n) is 3.75. The lowest BCUT2D eigenvalue weighted by molar-refractivity contribution is -0.143. The molecule has 2 N–H and O–H groups in total. The van der Waals surface area contributed by atoms with E-state index in [-0.39, 0.29) is 24.1 Å². The van der Waals surface area contributed by atoms with E-state index in [1.807, 2.05) is 0 Å². The summed E-state index contributed by atoms with van der Waals surface area (Å²) in [7, 11) is 0. The number of fused-ring (bicyclic) bond motifs is 1. The molecule has 3 aromatic rings. The van der Waals surface area contributed by atoms with Crippen molar-refractivity contribution in [3.63, 3.8) is 0 Å². The summed E-state index contributed by atoms with van der Waals surface area (Å²) in [4.78, 5) is 11.9. The largest absolute Gasteiger partial charge is 0.416 e. The van der Waals surface area contributed by atoms with E-state index < -0.39 is 34.3 Å². The predicted molar refractivity (Wildman–Crippen MR) is 107 cm³/mol. The Bertz CT molecular complexity index is 1170. The summed E-state index contributed by atoms with van der Waals surface area (Å²) < 4.78 is 80.7. The number of carbonyl (C=O) groups is 1. The Morgan fingerprint density at radius 1 is 1.00 bits per heavy atom. The van der Waals surface area contributed by atoms with Crippen molar-refractivity contribution in [2.24, 2.45) is 0 Å². The van der Waals surface area contributed by atoms with Crippen molar-refractivity contribution in [3.8, 4) is 0 Å². The number of nitrogens with one attached hydrogen (secondary N) is 1. The van der Waals surface area contributed by atoms with Crippen molar-refractivity contribution >= 4 is 28.6 Å². The molecule has 2 atom stereocenters. The number of nitrogens with zero attached hydrogens (tertiary/aromatic N) is 1. The molecule has 0 saturated carbocycles. The molecule has 32 heavy (non-hydrogen) atoms. The van der Waals surface area contributed by atoms with Crippen LogP contribution in [0.3, 0.4) is 0 Å². The maximum absolute atomic E-state index is 13.5. The van der Waals surface area contributed by atoms with Gasteiger partial charge in [-0.2, -0.15) is 26.3 Å². The third-order valence-corrected chi connectivity index (χ3v) is 6.33. The molecule has 1 aromatic heterocycles. The molecule has 11 heteroatoms. The van der Waals surface area contributed by atoms with E-state index in [1.54, 1.807) is 30.5 Å². The quantitative estimate of drug-likeness (QED) is 0.536. The number of hydrogen-bond donors (Lipinski definition) is 2. The second-order valence-corrected chi connectivity index (χ2v) is 8.64. The van der Waals surface area contributed by atoms with Crippen LogP contribution in [0.2, 0.25) is 0 Å². The van der Waals surface area contributed by atoms with Crippen molar-refractivity contribution in [2.45, 2.75) is 36.1 Å². The van der Waals surface area contributed by atoms with Crippen molar-refractivity contribution in [1.29, 1.82) is 0 Å². The molecule has 2 heterocycles. The molecule has 1 amide bonds. The number of carbonyl (C=O) groups excluding carboxylic acids is 1. The maximum atomic E-state index is 13.5. The zero-order valence-electron chi connectivity index (χ0n) is 16.2. The highest BCUT2D eigenvalue weighted by Gasteiger charge is 2.38. The van der Waals surface area contributed by atoms with Crippen LogP contribution in [-0.2, 0) is 30.1 Å². The predicted octanol–water partition coefficient (Wildman–Crippen LogP) is 4.78. The van der Waals surface area contributed by atoms with E-state index in [1.165, 1.54) is 4.57 Å². The monoisotopic (exact) mass is 474 g/mol. The second kappa shape index (κ2) is 8.04. The topological polar surface area (TPSA) is 54.3 Å². The minimum Gasteiger partial charge on any atom is -0.365 e. The first kappa shape index (κ1) is 22.5. The number of aliphatic hydroxyl groups excluding tert-OH is 1. The first-order chi connectivity index (χ1) is 14.9. The summed E-state index contributed by atoms with van der Waals surface area (Å²) in [5, 5.41) is 12.2. The van der Waals surface area contributed by atoms with Gasteiger partial charge in [-0.1, -0.05) is 30.0 Å². The van der Waals surface area contributed by atoms with E-state index in [9.17, 15) is 36.2 Å². The van der Waals surface area contributed by atoms with Crippen molar-refractivity contribution in [1.82, 2.24) is 9.88 Å². The molecular formula is C21H16F6N2O2S. The van der Waals surface area contributed by atoms with Gasteiger partial charge in [0.05, 0.1) is 16.4 Å². The fourth-order valence-corrected chi connectivity index (χ4v) is 4.71. The standard InChI is InChI=1S/C21H16F6N2O2S/c22-20(23,24)13-5-4-12(15(9-13)21(25,26)27)10-29-7-6-14-11(2-1-3-16(14)29)8-17-18(30)28-19(31)32-17/h1-7,9,17,19,31H,8,10H2,(H,28,30). The lowest BCUT2D eigenvalue weighted by atomic mass is 10.0. The summed E-state index contributed by atoms with van der Waals surface area (Å²) >= 11 is 1.07. The number of amides is 1. The third kappa shape index (κ3) is 4.44. The van der Waals surface area contributed by atoms with Gasteiger partial charge in [0, 0.05) is 23.6 Å². The average molecular weight is 474 g/mol. The highest BCUT2D eigenvalue weighted by molar-refractivity contribution is 8.01. The Hall–Kier alpha value is -2.66. The molecule has 4 nitrogen and oxygen atoms in total. The molecule has 2 aromatic carbocycles. The van der Waals surface area contributed by atoms with Crippen LogP contribution in [0.4, 0.5) is 26.3 Å². The molecule has 0 radical (unpaired) electrons. The summed E-state index contributed by atoms with van der Waals surface area (Å²) in [6, 6.07) is 8.48. The zero-order valence-corrected chi connectivity index (χ0v) is 17.0. The average Bonchev–Trinajstić information content (AvgIpc) is 3.23. The molecule has 0 bridgehead atoms. The number of rotatable bonds is 4. The zero-order chi connectivity index (χ0) is 23.3.